The third-order valence-electron chi connectivity index (χ3n) is 20.0. The molecule has 107 heavy (non-hydrogen) atoms. The molecule has 0 saturated heterocycles. The Balaban J connectivity index is 0.000000136. The molecule has 0 bridgehead atoms. The van der Waals surface area contributed by atoms with E-state index in [0.29, 0.717) is 0 Å². The minimum atomic E-state index is 0.765. The SMILES string of the molecule is Clc1ccc(-c2ccc(-c3ccc4ccccc4c3)cc2)cc1.c1ccc(-c2ccc(-c3ccc(N(c4ccc(-c5ccccc5)cc4)c4ccc(-c5ccc(-c6ccc7ccccc7c6)cc5)cc4)cc3)cc2)cc1.c1ccc(-c2ccc(Cc3ccc(-c4ccc(-c5ccccc5)cc4)cc3)cc2)cc1. The maximum atomic E-state index is 5.95. The van der Waals surface area contributed by atoms with Crippen molar-refractivity contribution in [1.82, 2.24) is 0 Å². The van der Waals surface area contributed by atoms with Crippen molar-refractivity contribution in [2.45, 2.75) is 6.42 Å². The zero-order valence-corrected chi connectivity index (χ0v) is 60.0. The van der Waals surface area contributed by atoms with Crippen LogP contribution < -0.4 is 4.90 Å². The van der Waals surface area contributed by atoms with Crippen LogP contribution in [0.25, 0.3) is 133 Å². The molecule has 2 heteroatoms. The summed E-state index contributed by atoms with van der Waals surface area (Å²) >= 11 is 5.95. The summed E-state index contributed by atoms with van der Waals surface area (Å²) < 4.78 is 0. The van der Waals surface area contributed by atoms with Crippen LogP contribution >= 0.6 is 11.6 Å². The van der Waals surface area contributed by atoms with Crippen molar-refractivity contribution in [3.05, 3.63) is 465 Å². The summed E-state index contributed by atoms with van der Waals surface area (Å²) in [6.45, 7) is 0. The lowest BCUT2D eigenvalue weighted by Gasteiger charge is -2.26. The van der Waals surface area contributed by atoms with Gasteiger partial charge in [-0.2, -0.15) is 0 Å². The van der Waals surface area contributed by atoms with Gasteiger partial charge in [-0.15, -0.1) is 0 Å². The molecule has 1 nitrogen and oxygen atoms in total. The second-order valence-electron chi connectivity index (χ2n) is 27.0. The number of rotatable bonds is 15. The van der Waals surface area contributed by atoms with Crippen LogP contribution in [0.4, 0.5) is 17.1 Å². The van der Waals surface area contributed by atoms with Gasteiger partial charge in [0.25, 0.3) is 0 Å². The lowest BCUT2D eigenvalue weighted by molar-refractivity contribution is 1.19. The van der Waals surface area contributed by atoms with Crippen LogP contribution in [0, 0.1) is 0 Å². The van der Waals surface area contributed by atoms with Crippen LogP contribution in [-0.2, 0) is 6.42 Å². The zero-order valence-electron chi connectivity index (χ0n) is 59.3. The van der Waals surface area contributed by atoms with Gasteiger partial charge in [0.05, 0.1) is 0 Å². The summed E-state index contributed by atoms with van der Waals surface area (Å²) in [4.78, 5) is 2.34. The van der Waals surface area contributed by atoms with Crippen LogP contribution in [0.1, 0.15) is 11.1 Å². The summed E-state index contributed by atoms with van der Waals surface area (Å²) in [6, 6.07) is 160. The zero-order chi connectivity index (χ0) is 71.9. The first-order chi connectivity index (χ1) is 52.9. The fourth-order valence-corrected chi connectivity index (χ4v) is 14.2. The molecule has 0 unspecified atom stereocenters. The standard InChI is InChI=1S/C52H37N.C31H24.C22H15Cl/c1-3-9-38(10-4-1)41-15-17-42(18-16-41)45-27-33-51(34-28-45)53(50-31-25-44(26-32-50)39-11-5-2-6-12-39)52-35-29-46(30-36-52)43-19-21-47(22-20-43)49-24-23-40-13-7-8-14-48(40)37-49;1-3-7-26(8-4-1)28-15-11-24(12-16-28)23-25-13-17-29(18-14-25)31-21-19-30(20-22-31)27-9-5-2-6-10-27;23-22-13-11-18(12-14-22)17-5-7-19(8-6-17)21-10-9-16-3-1-2-4-20(16)15-21/h1-37H;1-22H,23H2;1-15H. The third-order valence-corrected chi connectivity index (χ3v) is 20.3. The molecule has 0 amide bonds. The molecule has 18 rings (SSSR count). The molecule has 18 aromatic rings. The average Bonchev–Trinajstić information content (AvgIpc) is 0.826. The molecule has 0 saturated carbocycles. The molecule has 0 heterocycles. The molecule has 0 fully saturated rings. The van der Waals surface area contributed by atoms with E-state index in [0.717, 1.165) is 28.5 Å². The number of nitrogens with zero attached hydrogens (tertiary/aromatic N) is 1. The Morgan fingerprint density at radius 2 is 0.327 bits per heavy atom. The predicted molar refractivity (Wildman–Crippen MR) is 458 cm³/mol. The van der Waals surface area contributed by atoms with Crippen molar-refractivity contribution in [2.75, 3.05) is 4.90 Å². The lowest BCUT2D eigenvalue weighted by atomic mass is 9.97. The van der Waals surface area contributed by atoms with E-state index < -0.39 is 0 Å². The number of fused-ring (bicyclic) bond motifs is 2. The van der Waals surface area contributed by atoms with Crippen LogP contribution in [0.3, 0.4) is 0 Å². The van der Waals surface area contributed by atoms with E-state index in [2.05, 4.69) is 430 Å². The van der Waals surface area contributed by atoms with E-state index in [1.807, 2.05) is 24.3 Å². The van der Waals surface area contributed by atoms with Crippen LogP contribution in [0.5, 0.6) is 0 Å². The van der Waals surface area contributed by atoms with Crippen LogP contribution in [-0.4, -0.2) is 0 Å². The van der Waals surface area contributed by atoms with Crippen molar-refractivity contribution in [3.63, 3.8) is 0 Å². The van der Waals surface area contributed by atoms with Gasteiger partial charge in [-0.25, -0.2) is 0 Å². The fraction of sp³-hybridized carbons (Fsp3) is 0.00952. The Morgan fingerprint density at radius 3 is 0.579 bits per heavy atom. The second-order valence-corrected chi connectivity index (χ2v) is 27.4. The minimum absolute atomic E-state index is 0.765. The van der Waals surface area contributed by atoms with E-state index in [9.17, 15) is 0 Å². The monoisotopic (exact) mass is 1390 g/mol. The highest BCUT2D eigenvalue weighted by atomic mass is 35.5. The van der Waals surface area contributed by atoms with E-state index in [1.165, 1.54) is 144 Å². The second kappa shape index (κ2) is 32.5. The number of hydrogen-bond acceptors (Lipinski definition) is 1. The van der Waals surface area contributed by atoms with Crippen molar-refractivity contribution in [2.24, 2.45) is 0 Å². The van der Waals surface area contributed by atoms with Gasteiger partial charge >= 0.3 is 0 Å². The van der Waals surface area contributed by atoms with Crippen LogP contribution in [0.2, 0.25) is 5.02 Å². The molecule has 0 spiro atoms. The smallest absolute Gasteiger partial charge is 0.0462 e. The number of anilines is 3. The van der Waals surface area contributed by atoms with Crippen molar-refractivity contribution < 1.29 is 0 Å². The normalized spacial score (nSPS) is 10.9. The van der Waals surface area contributed by atoms with Crippen molar-refractivity contribution in [1.29, 1.82) is 0 Å². The Bertz CT molecular complexity index is 5890. The molecular weight excluding hydrogens is 1310 g/mol. The molecule has 0 N–H and O–H groups in total. The third kappa shape index (κ3) is 16.5. The summed E-state index contributed by atoms with van der Waals surface area (Å²) in [5, 5.41) is 5.83. The molecule has 0 atom stereocenters. The van der Waals surface area contributed by atoms with Gasteiger partial charge in [-0.3, -0.25) is 0 Å². The molecule has 508 valence electrons. The lowest BCUT2D eigenvalue weighted by Crippen LogP contribution is -2.09. The predicted octanol–water partition coefficient (Wildman–Crippen LogP) is 29.8. The summed E-state index contributed by atoms with van der Waals surface area (Å²) in [5.74, 6) is 0. The molecule has 0 aromatic heterocycles. The van der Waals surface area contributed by atoms with Crippen molar-refractivity contribution >= 4 is 50.2 Å². The Kier molecular flexibility index (Phi) is 20.7. The largest absolute Gasteiger partial charge is 0.311 e. The highest BCUT2D eigenvalue weighted by Crippen LogP contribution is 2.40. The Morgan fingerprint density at radius 1 is 0.150 bits per heavy atom. The first-order valence-corrected chi connectivity index (χ1v) is 36.9. The van der Waals surface area contributed by atoms with E-state index in [-0.39, 0.29) is 0 Å². The Hall–Kier alpha value is -13.4. The molecule has 0 aliphatic rings. The quantitative estimate of drug-likeness (QED) is 0.0989. The molecule has 0 radical (unpaired) electrons. The fourth-order valence-electron chi connectivity index (χ4n) is 14.0. The molecule has 0 aliphatic carbocycles. The van der Waals surface area contributed by atoms with Gasteiger partial charge in [0, 0.05) is 22.1 Å². The molecule has 0 aliphatic heterocycles. The summed E-state index contributed by atoms with van der Waals surface area (Å²) in [6.07, 6.45) is 0.947. The summed E-state index contributed by atoms with van der Waals surface area (Å²) in [7, 11) is 0. The Labute approximate surface area is 633 Å². The van der Waals surface area contributed by atoms with Gasteiger partial charge < -0.3 is 4.90 Å². The van der Waals surface area contributed by atoms with Crippen LogP contribution in [0.15, 0.2) is 449 Å². The highest BCUT2D eigenvalue weighted by molar-refractivity contribution is 6.30. The van der Waals surface area contributed by atoms with Gasteiger partial charge in [0.15, 0.2) is 0 Å². The highest BCUT2D eigenvalue weighted by Gasteiger charge is 2.15. The summed E-state index contributed by atoms with van der Waals surface area (Å²) in [5.41, 5.74) is 30.5. The van der Waals surface area contributed by atoms with E-state index in [1.54, 1.807) is 0 Å². The topological polar surface area (TPSA) is 3.24 Å². The van der Waals surface area contributed by atoms with E-state index in [4.69, 9.17) is 11.6 Å². The number of benzene rings is 18. The van der Waals surface area contributed by atoms with Gasteiger partial charge in [-0.1, -0.05) is 400 Å². The maximum Gasteiger partial charge on any atom is 0.0462 e. The molecular formula is C105H76ClN. The van der Waals surface area contributed by atoms with Gasteiger partial charge in [-0.05, 0) is 211 Å². The number of halogens is 1. The van der Waals surface area contributed by atoms with Gasteiger partial charge in [0.1, 0.15) is 0 Å². The van der Waals surface area contributed by atoms with Crippen molar-refractivity contribution in [3.8, 4) is 111 Å². The minimum Gasteiger partial charge on any atom is -0.311 e. The maximum absolute atomic E-state index is 5.95. The molecule has 18 aromatic carbocycles. The average molecular weight is 1390 g/mol. The van der Waals surface area contributed by atoms with E-state index >= 15 is 0 Å². The first kappa shape index (κ1) is 68.0. The first-order valence-electron chi connectivity index (χ1n) is 36.6. The van der Waals surface area contributed by atoms with Gasteiger partial charge in [0.2, 0.25) is 0 Å². The number of hydrogen-bond donors (Lipinski definition) is 0.